The molecule has 4 nitrogen and oxygen atoms in total. The van der Waals surface area contributed by atoms with E-state index in [9.17, 15) is 18.0 Å². The van der Waals surface area contributed by atoms with E-state index in [1.807, 2.05) is 32.0 Å². The molecule has 0 aromatic heterocycles. The highest BCUT2D eigenvalue weighted by Crippen LogP contribution is 2.35. The summed E-state index contributed by atoms with van der Waals surface area (Å²) in [5.41, 5.74) is 1.34. The van der Waals surface area contributed by atoms with Gasteiger partial charge in [-0.3, -0.25) is 4.79 Å². The molecule has 0 unspecified atom stereocenters. The molecule has 0 aliphatic heterocycles. The van der Waals surface area contributed by atoms with Crippen molar-refractivity contribution < 1.29 is 32.2 Å². The maximum atomic E-state index is 12.7. The minimum Gasteiger partial charge on any atom is -0.493 e. The van der Waals surface area contributed by atoms with E-state index in [-0.39, 0.29) is 16.5 Å². The van der Waals surface area contributed by atoms with Crippen molar-refractivity contribution in [3.8, 4) is 11.5 Å². The predicted molar refractivity (Wildman–Crippen MR) is 111 cm³/mol. The molecule has 164 valence electrons. The van der Waals surface area contributed by atoms with E-state index in [0.717, 1.165) is 23.3 Å². The van der Waals surface area contributed by atoms with Gasteiger partial charge in [0, 0.05) is 12.8 Å². The van der Waals surface area contributed by atoms with Crippen molar-refractivity contribution in [3.63, 3.8) is 0 Å². The normalized spacial score (nSPS) is 12.4. The molecule has 0 aliphatic rings. The largest absolute Gasteiger partial charge is 0.493 e. The van der Waals surface area contributed by atoms with Crippen LogP contribution in [0.2, 0.25) is 0 Å². The number of aryl methyl sites for hydroxylation is 2. The molecule has 8 heteroatoms. The summed E-state index contributed by atoms with van der Waals surface area (Å²) >= 11 is 3.13. The van der Waals surface area contributed by atoms with Crippen LogP contribution < -0.4 is 9.47 Å². The number of halogens is 4. The van der Waals surface area contributed by atoms with Crippen LogP contribution in [0, 0.1) is 6.92 Å². The van der Waals surface area contributed by atoms with Gasteiger partial charge >= 0.3 is 12.1 Å². The summed E-state index contributed by atoms with van der Waals surface area (Å²) in [5, 5.41) is 0. The number of carbonyl (C=O) groups is 1. The number of benzene rings is 2. The number of carbonyl (C=O) groups excluding carboxylic acids is 1. The second kappa shape index (κ2) is 10.7. The Hall–Kier alpha value is -2.22. The first-order valence-corrected chi connectivity index (χ1v) is 10.2. The van der Waals surface area contributed by atoms with Crippen LogP contribution in [-0.2, 0) is 22.1 Å². The van der Waals surface area contributed by atoms with Gasteiger partial charge in [-0.25, -0.2) is 0 Å². The summed E-state index contributed by atoms with van der Waals surface area (Å²) in [6, 6.07) is 8.98. The highest BCUT2D eigenvalue weighted by Gasteiger charge is 2.31. The van der Waals surface area contributed by atoms with Crippen LogP contribution >= 0.6 is 15.9 Å². The third-order valence-corrected chi connectivity index (χ3v) is 5.14. The lowest BCUT2D eigenvalue weighted by atomic mass is 10.0. The molecular formula is C22H24BrF3O4. The molecule has 0 spiro atoms. The van der Waals surface area contributed by atoms with Crippen LogP contribution in [0.15, 0.2) is 40.9 Å². The van der Waals surface area contributed by atoms with Crippen LogP contribution in [0.1, 0.15) is 36.5 Å². The van der Waals surface area contributed by atoms with Gasteiger partial charge in [-0.1, -0.05) is 6.07 Å². The van der Waals surface area contributed by atoms with Crippen LogP contribution in [0.4, 0.5) is 13.2 Å². The highest BCUT2D eigenvalue weighted by molar-refractivity contribution is 9.10. The molecule has 2 aromatic carbocycles. The summed E-state index contributed by atoms with van der Waals surface area (Å²) in [4.78, 5) is 11.3. The Morgan fingerprint density at radius 2 is 1.90 bits per heavy atom. The van der Waals surface area contributed by atoms with E-state index in [2.05, 4.69) is 20.7 Å². The Bertz CT molecular complexity index is 868. The fraction of sp³-hybridized carbons (Fsp3) is 0.409. The molecule has 0 radical (unpaired) electrons. The van der Waals surface area contributed by atoms with E-state index in [0.29, 0.717) is 37.4 Å². The Kier molecular flexibility index (Phi) is 8.58. The lowest BCUT2D eigenvalue weighted by Gasteiger charge is -2.17. The minimum absolute atomic E-state index is 0.247. The molecule has 30 heavy (non-hydrogen) atoms. The van der Waals surface area contributed by atoms with Crippen molar-refractivity contribution in [1.82, 2.24) is 0 Å². The Balaban J connectivity index is 1.84. The van der Waals surface area contributed by atoms with Crippen LogP contribution in [-0.4, -0.2) is 25.8 Å². The maximum Gasteiger partial charge on any atom is 0.416 e. The predicted octanol–water partition coefficient (Wildman–Crippen LogP) is 6.12. The maximum absolute atomic E-state index is 12.7. The minimum atomic E-state index is -4.40. The van der Waals surface area contributed by atoms with E-state index < -0.39 is 11.7 Å². The molecule has 0 aliphatic carbocycles. The van der Waals surface area contributed by atoms with Gasteiger partial charge in [-0.15, -0.1) is 0 Å². The molecule has 2 aromatic rings. The summed E-state index contributed by atoms with van der Waals surface area (Å²) < 4.78 is 54.6. The standard InChI is InChI=1S/C22H24BrF3O4/c1-14-12-18(7-4-16(14)5-9-21(27)28-3)29-11-10-15(2)30-20-8-6-17(13-19(20)23)22(24,25)26/h4,6-8,12-13,15H,5,9-11H2,1-3H3/t15-/m0/s1. The van der Waals surface area contributed by atoms with Crippen molar-refractivity contribution in [3.05, 3.63) is 57.6 Å². The van der Waals surface area contributed by atoms with Gasteiger partial charge < -0.3 is 14.2 Å². The molecule has 0 fully saturated rings. The lowest BCUT2D eigenvalue weighted by Crippen LogP contribution is -2.16. The summed E-state index contributed by atoms with van der Waals surface area (Å²) in [6.07, 6.45) is -3.17. The molecule has 0 N–H and O–H groups in total. The SMILES string of the molecule is COC(=O)CCc1ccc(OCC[C@H](C)Oc2ccc(C(F)(F)F)cc2Br)cc1C. The number of esters is 1. The van der Waals surface area contributed by atoms with Gasteiger partial charge in [0.2, 0.25) is 0 Å². The van der Waals surface area contributed by atoms with Crippen molar-refractivity contribution >= 4 is 21.9 Å². The molecule has 0 saturated heterocycles. The average Bonchev–Trinajstić information content (AvgIpc) is 2.67. The van der Waals surface area contributed by atoms with Crippen LogP contribution in [0.25, 0.3) is 0 Å². The van der Waals surface area contributed by atoms with E-state index in [1.165, 1.54) is 13.2 Å². The molecule has 0 heterocycles. The van der Waals surface area contributed by atoms with Gasteiger partial charge in [0.25, 0.3) is 0 Å². The first-order chi connectivity index (χ1) is 14.1. The van der Waals surface area contributed by atoms with Crippen molar-refractivity contribution in [2.24, 2.45) is 0 Å². The van der Waals surface area contributed by atoms with E-state index in [1.54, 1.807) is 0 Å². The molecular weight excluding hydrogens is 465 g/mol. The van der Waals surface area contributed by atoms with Crippen molar-refractivity contribution in [2.75, 3.05) is 13.7 Å². The Morgan fingerprint density at radius 1 is 1.17 bits per heavy atom. The van der Waals surface area contributed by atoms with Crippen LogP contribution in [0.5, 0.6) is 11.5 Å². The van der Waals surface area contributed by atoms with Crippen molar-refractivity contribution in [2.45, 2.75) is 45.4 Å². The van der Waals surface area contributed by atoms with Gasteiger partial charge in [0.05, 0.1) is 29.9 Å². The first kappa shape index (κ1) is 24.1. The highest BCUT2D eigenvalue weighted by atomic mass is 79.9. The topological polar surface area (TPSA) is 44.8 Å². The van der Waals surface area contributed by atoms with Crippen LogP contribution in [0.3, 0.4) is 0 Å². The quantitative estimate of drug-likeness (QED) is 0.399. The van der Waals surface area contributed by atoms with Gasteiger partial charge in [-0.2, -0.15) is 13.2 Å². The zero-order chi connectivity index (χ0) is 22.3. The second-order valence-electron chi connectivity index (χ2n) is 6.87. The fourth-order valence-corrected chi connectivity index (χ4v) is 3.24. The van der Waals surface area contributed by atoms with Gasteiger partial charge in [0.15, 0.2) is 0 Å². The Morgan fingerprint density at radius 3 is 2.50 bits per heavy atom. The van der Waals surface area contributed by atoms with Gasteiger partial charge in [-0.05, 0) is 77.7 Å². The van der Waals surface area contributed by atoms with E-state index in [4.69, 9.17) is 9.47 Å². The van der Waals surface area contributed by atoms with E-state index >= 15 is 0 Å². The third-order valence-electron chi connectivity index (χ3n) is 4.52. The first-order valence-electron chi connectivity index (χ1n) is 9.42. The number of alkyl halides is 3. The second-order valence-corrected chi connectivity index (χ2v) is 7.73. The number of rotatable bonds is 9. The molecule has 2 rings (SSSR count). The lowest BCUT2D eigenvalue weighted by molar-refractivity contribution is -0.140. The third kappa shape index (κ3) is 7.23. The number of ether oxygens (including phenoxy) is 3. The monoisotopic (exact) mass is 488 g/mol. The molecule has 0 amide bonds. The molecule has 1 atom stereocenters. The zero-order valence-corrected chi connectivity index (χ0v) is 18.6. The average molecular weight is 489 g/mol. The smallest absolute Gasteiger partial charge is 0.416 e. The summed E-state index contributed by atoms with van der Waals surface area (Å²) in [6.45, 7) is 4.17. The fourth-order valence-electron chi connectivity index (χ4n) is 2.77. The zero-order valence-electron chi connectivity index (χ0n) is 17.0. The number of methoxy groups -OCH3 is 1. The Labute approximate surface area is 182 Å². The molecule has 0 saturated carbocycles. The molecule has 0 bridgehead atoms. The summed E-state index contributed by atoms with van der Waals surface area (Å²) in [5.74, 6) is 0.807. The number of hydrogen-bond acceptors (Lipinski definition) is 4. The van der Waals surface area contributed by atoms with Crippen molar-refractivity contribution in [1.29, 1.82) is 0 Å². The summed E-state index contributed by atoms with van der Waals surface area (Å²) in [7, 11) is 1.37. The van der Waals surface area contributed by atoms with Gasteiger partial charge in [0.1, 0.15) is 11.5 Å². The number of hydrogen-bond donors (Lipinski definition) is 0.